The monoisotopic (exact) mass is 415 g/mol. The van der Waals surface area contributed by atoms with Gasteiger partial charge in [0.1, 0.15) is 5.82 Å². The second kappa shape index (κ2) is 8.40. The van der Waals surface area contributed by atoms with Crippen LogP contribution in [0.2, 0.25) is 0 Å². The lowest BCUT2D eigenvalue weighted by molar-refractivity contribution is -0.137. The van der Waals surface area contributed by atoms with E-state index in [2.05, 4.69) is 20.6 Å². The van der Waals surface area contributed by atoms with Crippen molar-refractivity contribution in [1.29, 1.82) is 0 Å². The van der Waals surface area contributed by atoms with Crippen LogP contribution in [0.1, 0.15) is 21.6 Å². The molecule has 0 aliphatic carbocycles. The van der Waals surface area contributed by atoms with Crippen molar-refractivity contribution < 1.29 is 18.0 Å². The topological polar surface area (TPSA) is 70.2 Å². The summed E-state index contributed by atoms with van der Waals surface area (Å²) in [6.07, 6.45) is -4.61. The molecule has 2 N–H and O–H groups in total. The molecule has 156 valence electrons. The molecule has 0 atom stereocenters. The van der Waals surface area contributed by atoms with E-state index < -0.39 is 23.2 Å². The van der Waals surface area contributed by atoms with Gasteiger partial charge < -0.3 is 15.5 Å². The number of alkyl halides is 3. The smallest absolute Gasteiger partial charge is 0.363 e. The SMILES string of the molecule is Cc1cc(N(C)C)nc(Nc2ccc(NC(=O)c3ccccc3C(F)(F)F)cc2)n1. The summed E-state index contributed by atoms with van der Waals surface area (Å²) in [5.41, 5.74) is 0.412. The number of nitrogens with one attached hydrogen (secondary N) is 2. The summed E-state index contributed by atoms with van der Waals surface area (Å²) >= 11 is 0. The number of carbonyl (C=O) groups excluding carboxylic acids is 1. The van der Waals surface area contributed by atoms with Gasteiger partial charge in [-0.25, -0.2) is 4.98 Å². The van der Waals surface area contributed by atoms with Gasteiger partial charge in [0, 0.05) is 37.2 Å². The Hall–Kier alpha value is -3.62. The molecule has 0 fully saturated rings. The average Bonchev–Trinajstić information content (AvgIpc) is 2.68. The van der Waals surface area contributed by atoms with Gasteiger partial charge in [0.15, 0.2) is 0 Å². The number of nitrogens with zero attached hydrogens (tertiary/aromatic N) is 3. The molecule has 0 saturated carbocycles. The molecule has 0 bridgehead atoms. The molecule has 1 aromatic heterocycles. The number of amides is 1. The van der Waals surface area contributed by atoms with Crippen LogP contribution in [0.15, 0.2) is 54.6 Å². The standard InChI is InChI=1S/C21H20F3N5O/c1-13-12-18(29(2)3)28-20(25-13)27-15-10-8-14(9-11-15)26-19(30)16-6-4-5-7-17(16)21(22,23)24/h4-12H,1-3H3,(H,26,30)(H,25,27,28). The summed E-state index contributed by atoms with van der Waals surface area (Å²) < 4.78 is 39.3. The molecule has 0 radical (unpaired) electrons. The molecule has 9 heteroatoms. The Morgan fingerprint density at radius 1 is 0.967 bits per heavy atom. The zero-order chi connectivity index (χ0) is 21.9. The van der Waals surface area contributed by atoms with E-state index in [0.717, 1.165) is 23.6 Å². The van der Waals surface area contributed by atoms with Gasteiger partial charge in [0.2, 0.25) is 5.95 Å². The Morgan fingerprint density at radius 2 is 1.60 bits per heavy atom. The molecule has 0 unspecified atom stereocenters. The Balaban J connectivity index is 1.74. The van der Waals surface area contributed by atoms with Gasteiger partial charge in [-0.3, -0.25) is 4.79 Å². The van der Waals surface area contributed by atoms with Crippen molar-refractivity contribution in [2.24, 2.45) is 0 Å². The quantitative estimate of drug-likeness (QED) is 0.623. The van der Waals surface area contributed by atoms with Crippen molar-refractivity contribution in [1.82, 2.24) is 9.97 Å². The number of hydrogen-bond donors (Lipinski definition) is 2. The van der Waals surface area contributed by atoms with Crippen LogP contribution in [0.5, 0.6) is 0 Å². The molecule has 0 aliphatic heterocycles. The first-order chi connectivity index (χ1) is 14.1. The molecule has 0 saturated heterocycles. The zero-order valence-electron chi connectivity index (χ0n) is 16.6. The fraction of sp³-hybridized carbons (Fsp3) is 0.190. The number of carbonyl (C=O) groups is 1. The first-order valence-electron chi connectivity index (χ1n) is 9.01. The van der Waals surface area contributed by atoms with Gasteiger partial charge in [-0.15, -0.1) is 0 Å². The lowest BCUT2D eigenvalue weighted by atomic mass is 10.1. The number of anilines is 4. The maximum absolute atomic E-state index is 13.1. The number of benzene rings is 2. The lowest BCUT2D eigenvalue weighted by Crippen LogP contribution is -2.18. The van der Waals surface area contributed by atoms with E-state index in [1.807, 2.05) is 32.0 Å². The van der Waals surface area contributed by atoms with Gasteiger partial charge in [-0.1, -0.05) is 12.1 Å². The summed E-state index contributed by atoms with van der Waals surface area (Å²) in [6, 6.07) is 13.0. The number of halogens is 3. The van der Waals surface area contributed by atoms with Crippen molar-refractivity contribution in [2.75, 3.05) is 29.6 Å². The summed E-state index contributed by atoms with van der Waals surface area (Å²) in [7, 11) is 3.75. The Labute approximate surface area is 171 Å². The van der Waals surface area contributed by atoms with Crippen molar-refractivity contribution >= 4 is 29.0 Å². The molecule has 6 nitrogen and oxygen atoms in total. The zero-order valence-corrected chi connectivity index (χ0v) is 16.6. The van der Waals surface area contributed by atoms with E-state index >= 15 is 0 Å². The highest BCUT2D eigenvalue weighted by molar-refractivity contribution is 6.05. The van der Waals surface area contributed by atoms with Gasteiger partial charge >= 0.3 is 6.18 Å². The van der Waals surface area contributed by atoms with Gasteiger partial charge in [-0.05, 0) is 43.3 Å². The van der Waals surface area contributed by atoms with Crippen molar-refractivity contribution in [3.05, 3.63) is 71.4 Å². The van der Waals surface area contributed by atoms with E-state index in [1.165, 1.54) is 12.1 Å². The maximum Gasteiger partial charge on any atom is 0.417 e. The first kappa shape index (κ1) is 21.1. The van der Waals surface area contributed by atoms with Crippen molar-refractivity contribution in [3.63, 3.8) is 0 Å². The molecular weight excluding hydrogens is 395 g/mol. The van der Waals surface area contributed by atoms with Crippen molar-refractivity contribution in [2.45, 2.75) is 13.1 Å². The highest BCUT2D eigenvalue weighted by Gasteiger charge is 2.34. The molecular formula is C21H20F3N5O. The Bertz CT molecular complexity index is 1050. The predicted octanol–water partition coefficient (Wildman–Crippen LogP) is 4.87. The minimum atomic E-state index is -4.61. The molecule has 1 heterocycles. The molecule has 3 rings (SSSR count). The lowest BCUT2D eigenvalue weighted by Gasteiger charge is -2.14. The third-order valence-corrected chi connectivity index (χ3v) is 4.17. The van der Waals surface area contributed by atoms with E-state index in [1.54, 1.807) is 24.3 Å². The largest absolute Gasteiger partial charge is 0.417 e. The average molecular weight is 415 g/mol. The predicted molar refractivity (Wildman–Crippen MR) is 110 cm³/mol. The molecule has 0 aliphatic rings. The number of rotatable bonds is 5. The second-order valence-corrected chi connectivity index (χ2v) is 6.79. The maximum atomic E-state index is 13.1. The molecule has 0 spiro atoms. The van der Waals surface area contributed by atoms with E-state index in [-0.39, 0.29) is 0 Å². The van der Waals surface area contributed by atoms with Gasteiger partial charge in [0.05, 0.1) is 11.1 Å². The Morgan fingerprint density at radius 3 is 2.23 bits per heavy atom. The molecule has 30 heavy (non-hydrogen) atoms. The summed E-state index contributed by atoms with van der Waals surface area (Å²) in [4.78, 5) is 22.9. The minimum Gasteiger partial charge on any atom is -0.363 e. The number of hydrogen-bond acceptors (Lipinski definition) is 5. The fourth-order valence-electron chi connectivity index (χ4n) is 2.73. The first-order valence-corrected chi connectivity index (χ1v) is 9.01. The minimum absolute atomic E-state index is 0.363. The third-order valence-electron chi connectivity index (χ3n) is 4.17. The normalized spacial score (nSPS) is 11.1. The van der Waals surface area contributed by atoms with Crippen LogP contribution < -0.4 is 15.5 Å². The van der Waals surface area contributed by atoms with E-state index in [9.17, 15) is 18.0 Å². The molecule has 2 aromatic carbocycles. The van der Waals surface area contributed by atoms with Crippen LogP contribution in [0, 0.1) is 6.92 Å². The van der Waals surface area contributed by atoms with Crippen LogP contribution in [0.4, 0.5) is 36.3 Å². The van der Waals surface area contributed by atoms with E-state index in [4.69, 9.17) is 0 Å². The van der Waals surface area contributed by atoms with Gasteiger partial charge in [-0.2, -0.15) is 18.2 Å². The van der Waals surface area contributed by atoms with Crippen LogP contribution >= 0.6 is 0 Å². The fourth-order valence-corrected chi connectivity index (χ4v) is 2.73. The number of aromatic nitrogens is 2. The van der Waals surface area contributed by atoms with Gasteiger partial charge in [0.25, 0.3) is 5.91 Å². The highest BCUT2D eigenvalue weighted by Crippen LogP contribution is 2.32. The van der Waals surface area contributed by atoms with E-state index in [0.29, 0.717) is 17.3 Å². The summed E-state index contributed by atoms with van der Waals surface area (Å²) in [6.45, 7) is 1.86. The van der Waals surface area contributed by atoms with Crippen LogP contribution in [-0.4, -0.2) is 30.0 Å². The molecule has 3 aromatic rings. The second-order valence-electron chi connectivity index (χ2n) is 6.79. The summed E-state index contributed by atoms with van der Waals surface area (Å²) in [5.74, 6) is 0.327. The summed E-state index contributed by atoms with van der Waals surface area (Å²) in [5, 5.41) is 5.56. The van der Waals surface area contributed by atoms with Crippen LogP contribution in [0.3, 0.4) is 0 Å². The number of aryl methyl sites for hydroxylation is 1. The van der Waals surface area contributed by atoms with Crippen molar-refractivity contribution in [3.8, 4) is 0 Å². The highest BCUT2D eigenvalue weighted by atomic mass is 19.4. The Kier molecular flexibility index (Phi) is 5.91. The van der Waals surface area contributed by atoms with Crippen LogP contribution in [-0.2, 0) is 6.18 Å². The molecule has 1 amide bonds. The van der Waals surface area contributed by atoms with Crippen LogP contribution in [0.25, 0.3) is 0 Å². The third kappa shape index (κ3) is 5.05.